The molecule has 3 nitrogen and oxygen atoms in total. The molecule has 0 unspecified atom stereocenters. The smallest absolute Gasteiger partial charge is 0.246 e. The Kier molecular flexibility index (Phi) is 3.53. The zero-order chi connectivity index (χ0) is 10.9. The van der Waals surface area contributed by atoms with Gasteiger partial charge in [0.2, 0.25) is 5.91 Å². The molecule has 0 rings (SSSR count). The number of nitrogens with two attached hydrogens (primary N) is 2. The third-order valence-corrected chi connectivity index (χ3v) is 2.88. The van der Waals surface area contributed by atoms with Crippen molar-refractivity contribution in [2.75, 3.05) is 0 Å². The molecule has 0 saturated heterocycles. The molecule has 0 saturated carbocycles. The summed E-state index contributed by atoms with van der Waals surface area (Å²) in [7, 11) is 0. The average molecular weight is 205 g/mol. The van der Waals surface area contributed by atoms with E-state index in [0.717, 1.165) is 0 Å². The maximum atomic E-state index is 11.0. The van der Waals surface area contributed by atoms with Crippen LogP contribution in [0.4, 0.5) is 0 Å². The SMILES string of the molecule is CC(C)(N)C(C)(C)/C(=C/Cl)C(N)=O. The molecule has 0 atom stereocenters. The summed E-state index contributed by atoms with van der Waals surface area (Å²) in [6.45, 7) is 7.34. The van der Waals surface area contributed by atoms with Gasteiger partial charge in [-0.05, 0) is 13.8 Å². The minimum absolute atomic E-state index is 0.349. The van der Waals surface area contributed by atoms with Gasteiger partial charge in [0, 0.05) is 22.1 Å². The van der Waals surface area contributed by atoms with Crippen molar-refractivity contribution in [3.8, 4) is 0 Å². The van der Waals surface area contributed by atoms with Crippen molar-refractivity contribution in [2.24, 2.45) is 16.9 Å². The van der Waals surface area contributed by atoms with E-state index >= 15 is 0 Å². The van der Waals surface area contributed by atoms with E-state index in [9.17, 15) is 4.79 Å². The summed E-state index contributed by atoms with van der Waals surface area (Å²) in [6, 6.07) is 0. The van der Waals surface area contributed by atoms with Crippen LogP contribution in [0.25, 0.3) is 0 Å². The Labute approximate surface area is 84.1 Å². The summed E-state index contributed by atoms with van der Waals surface area (Å²) in [6.07, 6.45) is 0. The average Bonchev–Trinajstić information content (AvgIpc) is 1.83. The first kappa shape index (κ1) is 12.5. The maximum absolute atomic E-state index is 11.0. The molecule has 0 spiro atoms. The van der Waals surface area contributed by atoms with E-state index in [1.54, 1.807) is 0 Å². The van der Waals surface area contributed by atoms with Gasteiger partial charge in [-0.3, -0.25) is 4.79 Å². The number of primary amides is 1. The van der Waals surface area contributed by atoms with Crippen LogP contribution in [0.2, 0.25) is 0 Å². The maximum Gasteiger partial charge on any atom is 0.246 e. The van der Waals surface area contributed by atoms with Crippen LogP contribution < -0.4 is 11.5 Å². The third-order valence-electron chi connectivity index (χ3n) is 2.66. The van der Waals surface area contributed by atoms with Crippen molar-refractivity contribution in [1.29, 1.82) is 0 Å². The number of rotatable bonds is 3. The Hall–Kier alpha value is -0.540. The lowest BCUT2D eigenvalue weighted by atomic mass is 9.70. The number of halogens is 1. The normalized spacial score (nSPS) is 14.5. The minimum atomic E-state index is -0.553. The number of carbonyl (C=O) groups excluding carboxylic acids is 1. The van der Waals surface area contributed by atoms with Gasteiger partial charge < -0.3 is 11.5 Å². The summed E-state index contributed by atoms with van der Waals surface area (Å²) < 4.78 is 0. The molecule has 0 heterocycles. The monoisotopic (exact) mass is 204 g/mol. The van der Waals surface area contributed by atoms with Crippen LogP contribution in [0.5, 0.6) is 0 Å². The molecule has 0 fully saturated rings. The van der Waals surface area contributed by atoms with Gasteiger partial charge in [-0.15, -0.1) is 0 Å². The van der Waals surface area contributed by atoms with Crippen LogP contribution in [0.1, 0.15) is 27.7 Å². The Morgan fingerprint density at radius 3 is 1.77 bits per heavy atom. The van der Waals surface area contributed by atoms with Crippen LogP contribution in [0, 0.1) is 5.41 Å². The van der Waals surface area contributed by atoms with Crippen LogP contribution in [-0.2, 0) is 4.79 Å². The van der Waals surface area contributed by atoms with Gasteiger partial charge in [0.25, 0.3) is 0 Å². The first-order valence-electron chi connectivity index (χ1n) is 4.04. The molecule has 4 N–H and O–H groups in total. The Bertz CT molecular complexity index is 238. The zero-order valence-corrected chi connectivity index (χ0v) is 9.27. The Balaban J connectivity index is 5.15. The van der Waals surface area contributed by atoms with Crippen LogP contribution in [0.3, 0.4) is 0 Å². The minimum Gasteiger partial charge on any atom is -0.366 e. The van der Waals surface area contributed by atoms with Gasteiger partial charge in [0.05, 0.1) is 0 Å². The number of hydrogen-bond acceptors (Lipinski definition) is 2. The van der Waals surface area contributed by atoms with Gasteiger partial charge >= 0.3 is 0 Å². The van der Waals surface area contributed by atoms with E-state index in [0.29, 0.717) is 5.57 Å². The highest BCUT2D eigenvalue weighted by atomic mass is 35.5. The fourth-order valence-corrected chi connectivity index (χ4v) is 1.23. The summed E-state index contributed by atoms with van der Waals surface area (Å²) in [5, 5.41) is 0. The van der Waals surface area contributed by atoms with Gasteiger partial charge in [0.1, 0.15) is 0 Å². The predicted octanol–water partition coefficient (Wildman–Crippen LogP) is 1.36. The van der Waals surface area contributed by atoms with Gasteiger partial charge in [-0.25, -0.2) is 0 Å². The summed E-state index contributed by atoms with van der Waals surface area (Å²) in [5.74, 6) is -0.529. The molecule has 1 amide bonds. The fourth-order valence-electron chi connectivity index (χ4n) is 0.845. The molecule has 0 bridgehead atoms. The number of hydrogen-bond donors (Lipinski definition) is 2. The third kappa shape index (κ3) is 2.45. The van der Waals surface area contributed by atoms with Crippen LogP contribution in [0.15, 0.2) is 11.1 Å². The van der Waals surface area contributed by atoms with E-state index in [4.69, 9.17) is 23.1 Å². The molecular weight excluding hydrogens is 188 g/mol. The highest BCUT2D eigenvalue weighted by Crippen LogP contribution is 2.36. The van der Waals surface area contributed by atoms with E-state index in [2.05, 4.69) is 0 Å². The highest BCUT2D eigenvalue weighted by Gasteiger charge is 2.39. The molecule has 13 heavy (non-hydrogen) atoms. The van der Waals surface area contributed by atoms with Crippen LogP contribution in [-0.4, -0.2) is 11.4 Å². The van der Waals surface area contributed by atoms with Crippen molar-refractivity contribution >= 4 is 17.5 Å². The molecule has 0 aromatic rings. The lowest BCUT2D eigenvalue weighted by Gasteiger charge is -2.39. The first-order valence-corrected chi connectivity index (χ1v) is 4.47. The topological polar surface area (TPSA) is 69.1 Å². The quantitative estimate of drug-likeness (QED) is 0.682. The van der Waals surface area contributed by atoms with E-state index in [1.807, 2.05) is 27.7 Å². The van der Waals surface area contributed by atoms with Crippen molar-refractivity contribution in [2.45, 2.75) is 33.2 Å². The van der Waals surface area contributed by atoms with Gasteiger partial charge in [0.15, 0.2) is 0 Å². The van der Waals surface area contributed by atoms with Crippen molar-refractivity contribution in [3.05, 3.63) is 11.1 Å². The summed E-state index contributed by atoms with van der Waals surface area (Å²) in [5.41, 5.74) is 11.6. The Morgan fingerprint density at radius 1 is 1.31 bits per heavy atom. The number of carbonyl (C=O) groups is 1. The lowest BCUT2D eigenvalue weighted by Crippen LogP contribution is -2.50. The molecule has 76 valence electrons. The molecule has 4 heteroatoms. The van der Waals surface area contributed by atoms with Crippen molar-refractivity contribution < 1.29 is 4.79 Å². The largest absolute Gasteiger partial charge is 0.366 e. The number of amides is 1. The highest BCUT2D eigenvalue weighted by molar-refractivity contribution is 6.27. The van der Waals surface area contributed by atoms with Crippen molar-refractivity contribution in [1.82, 2.24) is 0 Å². The second-order valence-corrected chi connectivity index (χ2v) is 4.45. The predicted molar refractivity (Wildman–Crippen MR) is 55.2 cm³/mol. The molecule has 0 aromatic carbocycles. The standard InChI is InChI=1S/C9H17ClN2O/c1-8(2,9(3,4)12)6(5-10)7(11)13/h5H,12H2,1-4H3,(H2,11,13)/b6-5+. The van der Waals surface area contributed by atoms with Crippen LogP contribution >= 0.6 is 11.6 Å². The molecule has 0 aliphatic heterocycles. The molecule has 0 aromatic heterocycles. The second kappa shape index (κ2) is 3.68. The molecule has 0 aliphatic carbocycles. The van der Waals surface area contributed by atoms with E-state index in [1.165, 1.54) is 5.54 Å². The Morgan fingerprint density at radius 2 is 1.69 bits per heavy atom. The van der Waals surface area contributed by atoms with E-state index < -0.39 is 16.9 Å². The van der Waals surface area contributed by atoms with Gasteiger partial charge in [-0.2, -0.15) is 0 Å². The fraction of sp³-hybridized carbons (Fsp3) is 0.667. The second-order valence-electron chi connectivity index (χ2n) is 4.23. The summed E-state index contributed by atoms with van der Waals surface area (Å²) >= 11 is 5.53. The lowest BCUT2D eigenvalue weighted by molar-refractivity contribution is -0.115. The first-order chi connectivity index (χ1) is 5.64. The van der Waals surface area contributed by atoms with E-state index in [-0.39, 0.29) is 0 Å². The molecular formula is C9H17ClN2O. The summed E-state index contributed by atoms with van der Waals surface area (Å²) in [4.78, 5) is 11.0. The molecule has 0 radical (unpaired) electrons. The molecule has 0 aliphatic rings. The van der Waals surface area contributed by atoms with Crippen molar-refractivity contribution in [3.63, 3.8) is 0 Å². The zero-order valence-electron chi connectivity index (χ0n) is 8.52. The van der Waals surface area contributed by atoms with Gasteiger partial charge in [-0.1, -0.05) is 25.4 Å².